The molecule has 344 valence electrons. The number of carbonyl (C=O) groups excluding carboxylic acids is 4. The van der Waals surface area contributed by atoms with E-state index in [1.54, 1.807) is 81.6 Å². The fourth-order valence-electron chi connectivity index (χ4n) is 5.64. The SMILES string of the molecule is CSc1sc(C(=N)NC(=O)OC(C)(C)C)cc1S(=O)(=O)c1cccc(-c2c(C)cc(N(C(=N)NC(=O)OC(C)(C)C)C(=O)OC(C)(C)C)cc2NC(=O)NCCCCCC(=O)O)c1. The lowest BCUT2D eigenvalue weighted by atomic mass is 9.97. The molecule has 0 unspecified atom stereocenters. The van der Waals surface area contributed by atoms with E-state index < -0.39 is 62.9 Å². The molecule has 21 heteroatoms. The van der Waals surface area contributed by atoms with E-state index in [0.29, 0.717) is 40.2 Å². The molecule has 3 rings (SSSR count). The van der Waals surface area contributed by atoms with Gasteiger partial charge in [-0.2, -0.15) is 0 Å². The number of nitrogens with zero attached hydrogens (tertiary/aromatic N) is 1. The number of benzene rings is 2. The van der Waals surface area contributed by atoms with E-state index in [2.05, 4.69) is 21.3 Å². The van der Waals surface area contributed by atoms with Gasteiger partial charge in [0.2, 0.25) is 15.8 Å². The average molecular weight is 932 g/mol. The number of carbonyl (C=O) groups is 5. The molecule has 3 aromatic rings. The summed E-state index contributed by atoms with van der Waals surface area (Å²) in [5, 5.41) is 36.3. The molecule has 2 aromatic carbocycles. The Hall–Kier alpha value is -5.67. The van der Waals surface area contributed by atoms with E-state index in [1.165, 1.54) is 36.4 Å². The molecule has 0 saturated carbocycles. The molecule has 1 aromatic heterocycles. The summed E-state index contributed by atoms with van der Waals surface area (Å²) in [6.07, 6.45) is 0.171. The summed E-state index contributed by atoms with van der Waals surface area (Å²) >= 11 is 2.16. The highest BCUT2D eigenvalue weighted by Crippen LogP contribution is 2.40. The van der Waals surface area contributed by atoms with E-state index in [0.717, 1.165) is 28.0 Å². The Bertz CT molecular complexity index is 2340. The van der Waals surface area contributed by atoms with Gasteiger partial charge < -0.3 is 30.0 Å². The first-order chi connectivity index (χ1) is 29.0. The van der Waals surface area contributed by atoms with Crippen LogP contribution in [0.2, 0.25) is 0 Å². The van der Waals surface area contributed by atoms with Gasteiger partial charge in [0, 0.05) is 18.5 Å². The Morgan fingerprint density at radius 2 is 1.43 bits per heavy atom. The van der Waals surface area contributed by atoms with E-state index >= 15 is 0 Å². The van der Waals surface area contributed by atoms with Crippen LogP contribution in [0.4, 0.5) is 30.6 Å². The minimum Gasteiger partial charge on any atom is -0.481 e. The third-order valence-corrected chi connectivity index (χ3v) is 12.4. The number of urea groups is 1. The van der Waals surface area contributed by atoms with Gasteiger partial charge in [0.05, 0.1) is 30.3 Å². The second-order valence-corrected chi connectivity index (χ2v) is 21.1. The highest BCUT2D eigenvalue weighted by molar-refractivity contribution is 8.01. The number of rotatable bonds is 13. The number of amidine groups is 1. The minimum absolute atomic E-state index is 0.0104. The topological polar surface area (TPSA) is 266 Å². The minimum atomic E-state index is -4.28. The van der Waals surface area contributed by atoms with Crippen LogP contribution in [0.3, 0.4) is 0 Å². The first kappa shape index (κ1) is 51.7. The number of nitrogens with one attached hydrogen (secondary N) is 6. The van der Waals surface area contributed by atoms with Gasteiger partial charge in [0.1, 0.15) is 22.6 Å². The lowest BCUT2D eigenvalue weighted by Gasteiger charge is -2.29. The number of thioether (sulfide) groups is 1. The van der Waals surface area contributed by atoms with Crippen LogP contribution in [0, 0.1) is 17.7 Å². The highest BCUT2D eigenvalue weighted by atomic mass is 32.2. The average Bonchev–Trinajstić information content (AvgIpc) is 3.56. The van der Waals surface area contributed by atoms with Gasteiger partial charge in [-0.25, -0.2) is 32.5 Å². The molecule has 1 heterocycles. The number of unbranched alkanes of at least 4 members (excludes halogenated alkanes) is 2. The molecule has 7 N–H and O–H groups in total. The maximum atomic E-state index is 14.4. The lowest BCUT2D eigenvalue weighted by molar-refractivity contribution is -0.137. The molecule has 0 radical (unpaired) electrons. The number of carboxylic acids is 1. The molecule has 0 aliphatic rings. The molecule has 0 saturated heterocycles. The standard InChI is InChI=1S/C42H57N7O11S3/c1-24-20-26(49(39(55)60-42(8,9)10)35(44)48-38(54)59-41(5,6)7)22-28(46-36(52)45-19-14-12-13-18-31(50)51)32(24)25-16-15-17-27(21-25)63(56,57)30-23-29(62-34(30)61-11)33(43)47-37(53)58-40(2,3)4/h15-17,20-23H,12-14,18-19H2,1-11H3,(H,50,51)(H2,43,47,53)(H2,44,48,54)(H2,45,46,52). The summed E-state index contributed by atoms with van der Waals surface area (Å²) in [4.78, 5) is 64.0. The molecule has 18 nitrogen and oxygen atoms in total. The van der Waals surface area contributed by atoms with Gasteiger partial charge in [-0.15, -0.1) is 23.1 Å². The van der Waals surface area contributed by atoms with Gasteiger partial charge in [-0.1, -0.05) is 18.6 Å². The van der Waals surface area contributed by atoms with Crippen molar-refractivity contribution in [2.24, 2.45) is 0 Å². The monoisotopic (exact) mass is 931 g/mol. The Morgan fingerprint density at radius 1 is 0.825 bits per heavy atom. The smallest absolute Gasteiger partial charge is 0.421 e. The number of aryl methyl sites for hydroxylation is 1. The van der Waals surface area contributed by atoms with Crippen molar-refractivity contribution in [1.82, 2.24) is 16.0 Å². The molecule has 0 aliphatic carbocycles. The van der Waals surface area contributed by atoms with Crippen molar-refractivity contribution in [2.45, 2.75) is 126 Å². The van der Waals surface area contributed by atoms with E-state index in [1.807, 2.05) is 0 Å². The van der Waals surface area contributed by atoms with Crippen molar-refractivity contribution in [3.63, 3.8) is 0 Å². The zero-order valence-corrected chi connectivity index (χ0v) is 39.7. The van der Waals surface area contributed by atoms with Crippen LogP contribution in [0.25, 0.3) is 11.1 Å². The van der Waals surface area contributed by atoms with E-state index in [4.69, 9.17) is 30.1 Å². The Balaban J connectivity index is 2.17. The number of ether oxygens (including phenoxy) is 3. The molecule has 0 bridgehead atoms. The number of sulfone groups is 1. The molecule has 0 atom stereocenters. The molecule has 63 heavy (non-hydrogen) atoms. The normalized spacial score (nSPS) is 11.8. The maximum Gasteiger partial charge on any atom is 0.421 e. The van der Waals surface area contributed by atoms with Crippen molar-refractivity contribution in [3.05, 3.63) is 52.9 Å². The van der Waals surface area contributed by atoms with Crippen LogP contribution in [-0.4, -0.2) is 85.2 Å². The predicted molar refractivity (Wildman–Crippen MR) is 243 cm³/mol. The van der Waals surface area contributed by atoms with Gasteiger partial charge in [0.25, 0.3) is 0 Å². The van der Waals surface area contributed by atoms with Crippen molar-refractivity contribution < 1.29 is 51.7 Å². The Labute approximate surface area is 376 Å². The third kappa shape index (κ3) is 15.9. The molecular weight excluding hydrogens is 875 g/mol. The fourth-order valence-corrected chi connectivity index (χ4v) is 9.58. The van der Waals surface area contributed by atoms with Crippen LogP contribution in [0.15, 0.2) is 56.5 Å². The van der Waals surface area contributed by atoms with Crippen molar-refractivity contribution in [1.29, 1.82) is 10.8 Å². The van der Waals surface area contributed by atoms with Gasteiger partial charge >= 0.3 is 30.3 Å². The molecular formula is C42H57N7O11S3. The quantitative estimate of drug-likeness (QED) is 0.0278. The van der Waals surface area contributed by atoms with Crippen LogP contribution in [0.5, 0.6) is 0 Å². The summed E-state index contributed by atoms with van der Waals surface area (Å²) in [6.45, 7) is 16.6. The number of anilines is 2. The summed E-state index contributed by atoms with van der Waals surface area (Å²) in [5.74, 6) is -2.00. The van der Waals surface area contributed by atoms with Crippen LogP contribution < -0.4 is 26.2 Å². The van der Waals surface area contributed by atoms with E-state index in [-0.39, 0.29) is 44.8 Å². The van der Waals surface area contributed by atoms with E-state index in [9.17, 15) is 32.4 Å². The molecule has 5 amide bonds. The number of hydrogen-bond acceptors (Lipinski definition) is 14. The summed E-state index contributed by atoms with van der Waals surface area (Å²) < 4.78 is 45.3. The zero-order valence-electron chi connectivity index (χ0n) is 37.3. The number of hydrogen-bond donors (Lipinski definition) is 7. The largest absolute Gasteiger partial charge is 0.481 e. The Morgan fingerprint density at radius 3 is 2.00 bits per heavy atom. The first-order valence-corrected chi connectivity index (χ1v) is 23.2. The first-order valence-electron chi connectivity index (χ1n) is 19.7. The molecule has 0 aliphatic heterocycles. The summed E-state index contributed by atoms with van der Waals surface area (Å²) in [5.41, 5.74) is -1.68. The second-order valence-electron chi connectivity index (χ2n) is 17.1. The van der Waals surface area contributed by atoms with Gasteiger partial charge in [0.15, 0.2) is 0 Å². The van der Waals surface area contributed by atoms with Crippen LogP contribution in [0.1, 0.15) is 98.4 Å². The number of aliphatic carboxylic acids is 1. The van der Waals surface area contributed by atoms with Crippen molar-refractivity contribution >= 4 is 86.4 Å². The predicted octanol–water partition coefficient (Wildman–Crippen LogP) is 9.10. The number of guanidine groups is 1. The number of thiophene rings is 1. The highest BCUT2D eigenvalue weighted by Gasteiger charge is 2.32. The fraction of sp³-hybridized carbons (Fsp3) is 0.452. The molecule has 0 spiro atoms. The lowest BCUT2D eigenvalue weighted by Crippen LogP contribution is -2.49. The second kappa shape index (κ2) is 21.1. The number of alkyl carbamates (subject to hydrolysis) is 2. The number of amides is 5. The van der Waals surface area contributed by atoms with Gasteiger partial charge in [-0.3, -0.25) is 26.2 Å². The molecule has 0 fully saturated rings. The number of carboxylic acid groups (broad SMARTS) is 1. The van der Waals surface area contributed by atoms with Crippen molar-refractivity contribution in [3.8, 4) is 11.1 Å². The Kier molecular flexibility index (Phi) is 17.3. The summed E-state index contributed by atoms with van der Waals surface area (Å²) in [6, 6.07) is 9.43. The van der Waals surface area contributed by atoms with Crippen molar-refractivity contribution in [2.75, 3.05) is 23.0 Å². The zero-order chi connectivity index (χ0) is 47.7. The third-order valence-electron chi connectivity index (χ3n) is 8.04. The van der Waals surface area contributed by atoms with Crippen LogP contribution in [-0.2, 0) is 28.8 Å². The summed E-state index contributed by atoms with van der Waals surface area (Å²) in [7, 11) is -4.28. The maximum absolute atomic E-state index is 14.4. The van der Waals surface area contributed by atoms with Crippen LogP contribution >= 0.6 is 23.1 Å². The van der Waals surface area contributed by atoms with Gasteiger partial charge in [-0.05, 0) is 130 Å².